The maximum Gasteiger partial charge on any atom is 0.224 e. The summed E-state index contributed by atoms with van der Waals surface area (Å²) in [6.45, 7) is 6.73. The van der Waals surface area contributed by atoms with Gasteiger partial charge in [-0.25, -0.2) is 15.0 Å². The molecule has 0 atom stereocenters. The molecule has 1 aromatic carbocycles. The Kier molecular flexibility index (Phi) is 4.23. The van der Waals surface area contributed by atoms with Crippen LogP contribution in [0.2, 0.25) is 0 Å². The molecule has 1 aliphatic rings. The summed E-state index contributed by atoms with van der Waals surface area (Å²) in [5, 5.41) is 0.947. The zero-order valence-electron chi connectivity index (χ0n) is 14.5. The molecule has 1 saturated heterocycles. The second kappa shape index (κ2) is 6.68. The minimum absolute atomic E-state index is 0.618. The third kappa shape index (κ3) is 3.15. The van der Waals surface area contributed by atoms with Crippen molar-refractivity contribution in [3.63, 3.8) is 0 Å². The van der Waals surface area contributed by atoms with Gasteiger partial charge < -0.3 is 14.1 Å². The lowest BCUT2D eigenvalue weighted by atomic mass is 10.2. The molecular formula is C18H21N5O2. The standard InChI is InChI=1S/C18H21N5O2/c1-13-17(21-12-25-13)10-22-5-7-23(8-6-22)14-3-4-16-15(9-14)18(24-2)20-11-19-16/h3-4,9,11-12H,5-8,10H2,1-2H3. The maximum atomic E-state index is 5.36. The van der Waals surface area contributed by atoms with Gasteiger partial charge in [-0.1, -0.05) is 0 Å². The van der Waals surface area contributed by atoms with E-state index in [2.05, 4.69) is 36.9 Å². The smallest absolute Gasteiger partial charge is 0.224 e. The molecule has 0 saturated carbocycles. The number of aromatic nitrogens is 3. The lowest BCUT2D eigenvalue weighted by molar-refractivity contribution is 0.246. The quantitative estimate of drug-likeness (QED) is 0.722. The Balaban J connectivity index is 1.47. The molecule has 0 amide bonds. The molecule has 3 heterocycles. The Morgan fingerprint density at radius 1 is 1.12 bits per heavy atom. The summed E-state index contributed by atoms with van der Waals surface area (Å²) >= 11 is 0. The first-order chi connectivity index (χ1) is 12.2. The second-order valence-electron chi connectivity index (χ2n) is 6.20. The van der Waals surface area contributed by atoms with Crippen LogP contribution in [-0.2, 0) is 6.54 Å². The molecule has 0 spiro atoms. The molecule has 25 heavy (non-hydrogen) atoms. The number of nitrogens with zero attached hydrogens (tertiary/aromatic N) is 5. The van der Waals surface area contributed by atoms with E-state index in [9.17, 15) is 0 Å². The van der Waals surface area contributed by atoms with Gasteiger partial charge in [0.1, 0.15) is 12.1 Å². The Morgan fingerprint density at radius 3 is 2.68 bits per heavy atom. The van der Waals surface area contributed by atoms with Crippen LogP contribution in [0.1, 0.15) is 11.5 Å². The largest absolute Gasteiger partial charge is 0.480 e. The van der Waals surface area contributed by atoms with Gasteiger partial charge in [-0.15, -0.1) is 0 Å². The van der Waals surface area contributed by atoms with E-state index in [1.54, 1.807) is 7.11 Å². The van der Waals surface area contributed by atoms with Crippen LogP contribution in [0.4, 0.5) is 5.69 Å². The number of hydrogen-bond acceptors (Lipinski definition) is 7. The van der Waals surface area contributed by atoms with Gasteiger partial charge in [-0.3, -0.25) is 4.90 Å². The van der Waals surface area contributed by atoms with E-state index in [1.807, 2.05) is 13.0 Å². The zero-order chi connectivity index (χ0) is 17.2. The average molecular weight is 339 g/mol. The highest BCUT2D eigenvalue weighted by Crippen LogP contribution is 2.27. The van der Waals surface area contributed by atoms with Crippen molar-refractivity contribution in [2.75, 3.05) is 38.2 Å². The lowest BCUT2D eigenvalue weighted by Gasteiger charge is -2.35. The average Bonchev–Trinajstić information content (AvgIpc) is 3.06. The van der Waals surface area contributed by atoms with Gasteiger partial charge in [0.25, 0.3) is 0 Å². The van der Waals surface area contributed by atoms with Crippen LogP contribution in [0.15, 0.2) is 35.3 Å². The van der Waals surface area contributed by atoms with Gasteiger partial charge in [-0.2, -0.15) is 0 Å². The van der Waals surface area contributed by atoms with Crippen LogP contribution in [0.25, 0.3) is 10.9 Å². The Morgan fingerprint density at radius 2 is 1.96 bits per heavy atom. The number of anilines is 1. The van der Waals surface area contributed by atoms with Crippen molar-refractivity contribution in [1.82, 2.24) is 19.9 Å². The third-order valence-electron chi connectivity index (χ3n) is 4.73. The number of ether oxygens (including phenoxy) is 1. The van der Waals surface area contributed by atoms with E-state index < -0.39 is 0 Å². The first-order valence-corrected chi connectivity index (χ1v) is 8.39. The molecule has 0 radical (unpaired) electrons. The molecule has 0 bridgehead atoms. The fraction of sp³-hybridized carbons (Fsp3) is 0.389. The molecule has 130 valence electrons. The van der Waals surface area contributed by atoms with Gasteiger partial charge in [-0.05, 0) is 25.1 Å². The summed E-state index contributed by atoms with van der Waals surface area (Å²) in [5.41, 5.74) is 3.11. The molecule has 7 nitrogen and oxygen atoms in total. The van der Waals surface area contributed by atoms with E-state index in [1.165, 1.54) is 18.4 Å². The molecule has 7 heteroatoms. The molecule has 3 aromatic rings. The summed E-state index contributed by atoms with van der Waals surface area (Å²) in [6.07, 6.45) is 3.05. The van der Waals surface area contributed by atoms with Gasteiger partial charge in [0.2, 0.25) is 5.88 Å². The summed E-state index contributed by atoms with van der Waals surface area (Å²) in [5.74, 6) is 1.52. The van der Waals surface area contributed by atoms with E-state index in [4.69, 9.17) is 9.15 Å². The van der Waals surface area contributed by atoms with Crippen LogP contribution in [0.5, 0.6) is 5.88 Å². The SMILES string of the molecule is COc1ncnc2ccc(N3CCN(Cc4ncoc4C)CC3)cc12. The normalized spacial score (nSPS) is 15.7. The first-order valence-electron chi connectivity index (χ1n) is 8.39. The zero-order valence-corrected chi connectivity index (χ0v) is 14.5. The molecule has 0 aliphatic carbocycles. The maximum absolute atomic E-state index is 5.36. The summed E-state index contributed by atoms with van der Waals surface area (Å²) in [4.78, 5) is 17.6. The van der Waals surface area contributed by atoms with Crippen LogP contribution in [0.3, 0.4) is 0 Å². The van der Waals surface area contributed by atoms with Gasteiger partial charge in [0.05, 0.1) is 23.7 Å². The third-order valence-corrected chi connectivity index (χ3v) is 4.73. The van der Waals surface area contributed by atoms with E-state index in [0.717, 1.165) is 55.1 Å². The van der Waals surface area contributed by atoms with Crippen LogP contribution >= 0.6 is 0 Å². The van der Waals surface area contributed by atoms with Crippen molar-refractivity contribution in [1.29, 1.82) is 0 Å². The van der Waals surface area contributed by atoms with E-state index in [0.29, 0.717) is 5.88 Å². The summed E-state index contributed by atoms with van der Waals surface area (Å²) < 4.78 is 10.7. The summed E-state index contributed by atoms with van der Waals surface area (Å²) in [7, 11) is 1.64. The Labute approximate surface area is 146 Å². The molecule has 2 aromatic heterocycles. The van der Waals surface area contributed by atoms with Crippen LogP contribution in [-0.4, -0.2) is 53.1 Å². The predicted molar refractivity (Wildman–Crippen MR) is 94.8 cm³/mol. The second-order valence-corrected chi connectivity index (χ2v) is 6.20. The molecule has 1 fully saturated rings. The summed E-state index contributed by atoms with van der Waals surface area (Å²) in [6, 6.07) is 6.26. The topological polar surface area (TPSA) is 67.5 Å². The minimum atomic E-state index is 0.618. The van der Waals surface area contributed by atoms with Gasteiger partial charge >= 0.3 is 0 Å². The molecular weight excluding hydrogens is 318 g/mol. The lowest BCUT2D eigenvalue weighted by Crippen LogP contribution is -2.46. The Bertz CT molecular complexity index is 871. The van der Waals surface area contributed by atoms with Crippen molar-refractivity contribution in [2.24, 2.45) is 0 Å². The highest BCUT2D eigenvalue weighted by atomic mass is 16.5. The number of fused-ring (bicyclic) bond motifs is 1. The number of rotatable bonds is 4. The fourth-order valence-electron chi connectivity index (χ4n) is 3.24. The van der Waals surface area contributed by atoms with Crippen molar-refractivity contribution < 1.29 is 9.15 Å². The first kappa shape index (κ1) is 15.8. The highest BCUT2D eigenvalue weighted by Gasteiger charge is 2.19. The number of benzene rings is 1. The van der Waals surface area contributed by atoms with E-state index >= 15 is 0 Å². The van der Waals surface area contributed by atoms with Crippen LogP contribution in [0, 0.1) is 6.92 Å². The van der Waals surface area contributed by atoms with Gasteiger partial charge in [0.15, 0.2) is 6.39 Å². The Hall–Kier alpha value is -2.67. The van der Waals surface area contributed by atoms with Crippen LogP contribution < -0.4 is 9.64 Å². The van der Waals surface area contributed by atoms with Crippen molar-refractivity contribution in [3.8, 4) is 5.88 Å². The molecule has 0 N–H and O–H groups in total. The van der Waals surface area contributed by atoms with Crippen molar-refractivity contribution in [3.05, 3.63) is 42.4 Å². The number of aryl methyl sites for hydroxylation is 1. The molecule has 0 unspecified atom stereocenters. The highest BCUT2D eigenvalue weighted by molar-refractivity contribution is 5.86. The van der Waals surface area contributed by atoms with E-state index in [-0.39, 0.29) is 0 Å². The molecule has 4 rings (SSSR count). The number of piperazine rings is 1. The number of hydrogen-bond donors (Lipinski definition) is 0. The van der Waals surface area contributed by atoms with Crippen molar-refractivity contribution >= 4 is 16.6 Å². The minimum Gasteiger partial charge on any atom is -0.480 e. The number of methoxy groups -OCH3 is 1. The molecule has 1 aliphatic heterocycles. The fourth-order valence-corrected chi connectivity index (χ4v) is 3.24. The number of oxazole rings is 1. The van der Waals surface area contributed by atoms with Crippen molar-refractivity contribution in [2.45, 2.75) is 13.5 Å². The monoisotopic (exact) mass is 339 g/mol. The van der Waals surface area contributed by atoms with Gasteiger partial charge in [0, 0.05) is 38.4 Å². The predicted octanol–water partition coefficient (Wildman–Crippen LogP) is 2.26.